The highest BCUT2D eigenvalue weighted by molar-refractivity contribution is 6.01. The SMILES string of the molecule is Cc1cc(C)cc(N(C(=O)N2CCNCC2C(=O)O)c2ccccc2)c1. The van der Waals surface area contributed by atoms with Crippen LogP contribution in [-0.4, -0.2) is 47.7 Å². The lowest BCUT2D eigenvalue weighted by molar-refractivity contribution is -0.142. The number of nitrogens with one attached hydrogen (secondary N) is 1. The number of hydrogen-bond donors (Lipinski definition) is 2. The Hall–Kier alpha value is -2.86. The van der Waals surface area contributed by atoms with E-state index in [1.54, 1.807) is 4.90 Å². The molecule has 1 aliphatic rings. The molecule has 1 atom stereocenters. The van der Waals surface area contributed by atoms with Gasteiger partial charge in [-0.1, -0.05) is 24.3 Å². The number of piperazine rings is 1. The van der Waals surface area contributed by atoms with Gasteiger partial charge < -0.3 is 15.3 Å². The molecule has 2 aromatic rings. The number of amides is 2. The normalized spacial score (nSPS) is 17.0. The van der Waals surface area contributed by atoms with Crippen LogP contribution in [0.25, 0.3) is 0 Å². The smallest absolute Gasteiger partial charge is 0.329 e. The van der Waals surface area contributed by atoms with E-state index in [0.29, 0.717) is 18.8 Å². The van der Waals surface area contributed by atoms with Crippen molar-refractivity contribution in [3.8, 4) is 0 Å². The third-order valence-corrected chi connectivity index (χ3v) is 4.44. The van der Waals surface area contributed by atoms with Crippen molar-refractivity contribution in [3.05, 3.63) is 59.7 Å². The fraction of sp³-hybridized carbons (Fsp3) is 0.300. The molecule has 1 saturated heterocycles. The molecular formula is C20H23N3O3. The quantitative estimate of drug-likeness (QED) is 0.890. The van der Waals surface area contributed by atoms with Gasteiger partial charge in [0, 0.05) is 19.6 Å². The van der Waals surface area contributed by atoms with Gasteiger partial charge in [-0.15, -0.1) is 0 Å². The summed E-state index contributed by atoms with van der Waals surface area (Å²) >= 11 is 0. The molecular weight excluding hydrogens is 330 g/mol. The van der Waals surface area contributed by atoms with E-state index in [1.807, 2.05) is 62.4 Å². The molecule has 0 aromatic heterocycles. The first-order valence-electron chi connectivity index (χ1n) is 8.65. The van der Waals surface area contributed by atoms with Crippen LogP contribution >= 0.6 is 0 Å². The minimum absolute atomic E-state index is 0.247. The summed E-state index contributed by atoms with van der Waals surface area (Å²) in [6.45, 7) is 5.13. The highest BCUT2D eigenvalue weighted by Gasteiger charge is 2.35. The summed E-state index contributed by atoms with van der Waals surface area (Å²) in [5.74, 6) is -1.00. The lowest BCUT2D eigenvalue weighted by Gasteiger charge is -2.37. The van der Waals surface area contributed by atoms with E-state index in [0.717, 1.165) is 16.8 Å². The molecule has 0 aliphatic carbocycles. The van der Waals surface area contributed by atoms with Crippen molar-refractivity contribution in [2.45, 2.75) is 19.9 Å². The Morgan fingerprint density at radius 1 is 1.08 bits per heavy atom. The second-order valence-electron chi connectivity index (χ2n) is 6.55. The molecule has 1 unspecified atom stereocenters. The van der Waals surface area contributed by atoms with Gasteiger partial charge in [0.15, 0.2) is 0 Å². The Labute approximate surface area is 153 Å². The topological polar surface area (TPSA) is 72.9 Å². The van der Waals surface area contributed by atoms with Crippen LogP contribution in [0.1, 0.15) is 11.1 Å². The first kappa shape index (κ1) is 17.9. The molecule has 0 bridgehead atoms. The van der Waals surface area contributed by atoms with Gasteiger partial charge in [-0.05, 0) is 49.2 Å². The summed E-state index contributed by atoms with van der Waals surface area (Å²) in [5.41, 5.74) is 3.54. The molecule has 2 amide bonds. The zero-order valence-corrected chi connectivity index (χ0v) is 15.0. The highest BCUT2D eigenvalue weighted by atomic mass is 16.4. The van der Waals surface area contributed by atoms with E-state index in [-0.39, 0.29) is 12.6 Å². The summed E-state index contributed by atoms with van der Waals surface area (Å²) in [6, 6.07) is 14.0. The number of aliphatic carboxylic acids is 1. The average molecular weight is 353 g/mol. The van der Waals surface area contributed by atoms with E-state index in [4.69, 9.17) is 0 Å². The van der Waals surface area contributed by atoms with Crippen LogP contribution in [-0.2, 0) is 4.79 Å². The van der Waals surface area contributed by atoms with Crippen LogP contribution in [0, 0.1) is 13.8 Å². The van der Waals surface area contributed by atoms with Gasteiger partial charge in [0.05, 0.1) is 11.4 Å². The molecule has 0 spiro atoms. The number of aryl methyl sites for hydroxylation is 2. The lowest BCUT2D eigenvalue weighted by atomic mass is 10.1. The van der Waals surface area contributed by atoms with Gasteiger partial charge in [-0.2, -0.15) is 0 Å². The molecule has 0 radical (unpaired) electrons. The predicted molar refractivity (Wildman–Crippen MR) is 101 cm³/mol. The van der Waals surface area contributed by atoms with Gasteiger partial charge in [0.2, 0.25) is 0 Å². The fourth-order valence-corrected chi connectivity index (χ4v) is 3.31. The number of carbonyl (C=O) groups excluding carboxylic acids is 1. The summed E-state index contributed by atoms with van der Waals surface area (Å²) in [4.78, 5) is 28.1. The summed E-state index contributed by atoms with van der Waals surface area (Å²) < 4.78 is 0. The number of urea groups is 1. The van der Waals surface area contributed by atoms with E-state index in [9.17, 15) is 14.7 Å². The highest BCUT2D eigenvalue weighted by Crippen LogP contribution is 2.29. The number of para-hydroxylation sites is 1. The molecule has 1 fully saturated rings. The maximum atomic E-state index is 13.4. The number of carbonyl (C=O) groups is 2. The van der Waals surface area contributed by atoms with Gasteiger partial charge in [0.1, 0.15) is 6.04 Å². The number of anilines is 2. The number of rotatable bonds is 3. The third-order valence-electron chi connectivity index (χ3n) is 4.44. The average Bonchev–Trinajstić information content (AvgIpc) is 2.62. The fourth-order valence-electron chi connectivity index (χ4n) is 3.31. The van der Waals surface area contributed by atoms with Crippen LogP contribution in [0.4, 0.5) is 16.2 Å². The maximum Gasteiger partial charge on any atom is 0.329 e. The molecule has 136 valence electrons. The largest absolute Gasteiger partial charge is 0.480 e. The Kier molecular flexibility index (Phi) is 5.23. The second kappa shape index (κ2) is 7.58. The van der Waals surface area contributed by atoms with E-state index in [2.05, 4.69) is 5.32 Å². The van der Waals surface area contributed by atoms with Crippen molar-refractivity contribution in [2.24, 2.45) is 0 Å². The summed E-state index contributed by atoms with van der Waals surface area (Å²) in [6.07, 6.45) is 0. The molecule has 1 aliphatic heterocycles. The predicted octanol–water partition coefficient (Wildman–Crippen LogP) is 2.92. The minimum Gasteiger partial charge on any atom is -0.480 e. The van der Waals surface area contributed by atoms with Gasteiger partial charge in [-0.3, -0.25) is 4.90 Å². The van der Waals surface area contributed by atoms with Crippen LogP contribution < -0.4 is 10.2 Å². The second-order valence-corrected chi connectivity index (χ2v) is 6.55. The number of nitrogens with zero attached hydrogens (tertiary/aromatic N) is 2. The Balaban J connectivity index is 2.05. The molecule has 2 N–H and O–H groups in total. The number of carboxylic acids is 1. The number of hydrogen-bond acceptors (Lipinski definition) is 3. The first-order chi connectivity index (χ1) is 12.5. The van der Waals surface area contributed by atoms with Crippen molar-refractivity contribution >= 4 is 23.4 Å². The molecule has 3 rings (SSSR count). The van der Waals surface area contributed by atoms with Gasteiger partial charge >= 0.3 is 12.0 Å². The van der Waals surface area contributed by atoms with Gasteiger partial charge in [0.25, 0.3) is 0 Å². The zero-order valence-electron chi connectivity index (χ0n) is 15.0. The Morgan fingerprint density at radius 3 is 2.35 bits per heavy atom. The lowest BCUT2D eigenvalue weighted by Crippen LogP contribution is -2.59. The van der Waals surface area contributed by atoms with Crippen LogP contribution in [0.3, 0.4) is 0 Å². The Morgan fingerprint density at radius 2 is 1.73 bits per heavy atom. The van der Waals surface area contributed by atoms with Crippen molar-refractivity contribution in [1.82, 2.24) is 10.2 Å². The molecule has 1 heterocycles. The number of carboxylic acid groups (broad SMARTS) is 1. The maximum absolute atomic E-state index is 13.4. The standard InChI is InChI=1S/C20H23N3O3/c1-14-10-15(2)12-17(11-14)23(16-6-4-3-5-7-16)20(26)22-9-8-21-13-18(22)19(24)25/h3-7,10-12,18,21H,8-9,13H2,1-2H3,(H,24,25). The molecule has 2 aromatic carbocycles. The number of benzene rings is 2. The molecule has 6 nitrogen and oxygen atoms in total. The molecule has 0 saturated carbocycles. The van der Waals surface area contributed by atoms with E-state index in [1.165, 1.54) is 4.90 Å². The summed E-state index contributed by atoms with van der Waals surface area (Å²) in [5, 5.41) is 12.6. The monoisotopic (exact) mass is 353 g/mol. The van der Waals surface area contributed by atoms with Crippen molar-refractivity contribution in [3.63, 3.8) is 0 Å². The van der Waals surface area contributed by atoms with E-state index < -0.39 is 12.0 Å². The van der Waals surface area contributed by atoms with Crippen LogP contribution in [0.15, 0.2) is 48.5 Å². The first-order valence-corrected chi connectivity index (χ1v) is 8.65. The Bertz CT molecular complexity index is 787. The van der Waals surface area contributed by atoms with Crippen LogP contribution in [0.2, 0.25) is 0 Å². The molecule has 6 heteroatoms. The molecule has 26 heavy (non-hydrogen) atoms. The van der Waals surface area contributed by atoms with Crippen LogP contribution in [0.5, 0.6) is 0 Å². The third kappa shape index (κ3) is 3.70. The summed E-state index contributed by atoms with van der Waals surface area (Å²) in [7, 11) is 0. The van der Waals surface area contributed by atoms with Gasteiger partial charge in [-0.25, -0.2) is 9.59 Å². The van der Waals surface area contributed by atoms with Crippen molar-refractivity contribution in [2.75, 3.05) is 24.5 Å². The minimum atomic E-state index is -1.00. The zero-order chi connectivity index (χ0) is 18.7. The van der Waals surface area contributed by atoms with Crippen molar-refractivity contribution in [1.29, 1.82) is 0 Å². The van der Waals surface area contributed by atoms with Crippen molar-refractivity contribution < 1.29 is 14.7 Å². The van der Waals surface area contributed by atoms with E-state index >= 15 is 0 Å².